The fraction of sp³-hybridized carbons (Fsp3) is 0.529. The van der Waals surface area contributed by atoms with Gasteiger partial charge in [-0.05, 0) is 18.6 Å². The van der Waals surface area contributed by atoms with Gasteiger partial charge in [-0.25, -0.2) is 4.79 Å². The lowest BCUT2D eigenvalue weighted by Gasteiger charge is -2.27. The summed E-state index contributed by atoms with van der Waals surface area (Å²) in [5.74, 6) is 0.141. The van der Waals surface area contributed by atoms with Crippen LogP contribution in [-0.4, -0.2) is 60.4 Å². The zero-order chi connectivity index (χ0) is 18.6. The van der Waals surface area contributed by atoms with Gasteiger partial charge >= 0.3 is 5.97 Å². The Labute approximate surface area is 151 Å². The summed E-state index contributed by atoms with van der Waals surface area (Å²) < 4.78 is 15.8. The number of aliphatic carboxylic acids is 1. The SMILES string of the molecule is CCC[C@@H]1SC[C@H](C(=O)O)N1C(=O)c1cc(OC)c(OC)c(OC)c1. The molecule has 0 aromatic heterocycles. The maximum Gasteiger partial charge on any atom is 0.327 e. The van der Waals surface area contributed by atoms with Crippen molar-refractivity contribution in [3.05, 3.63) is 17.7 Å². The van der Waals surface area contributed by atoms with E-state index in [4.69, 9.17) is 14.2 Å². The average Bonchev–Trinajstić information content (AvgIpc) is 3.03. The molecule has 1 amide bonds. The van der Waals surface area contributed by atoms with Crippen LogP contribution in [-0.2, 0) is 4.79 Å². The van der Waals surface area contributed by atoms with Crippen LogP contribution in [0.1, 0.15) is 30.1 Å². The summed E-state index contributed by atoms with van der Waals surface area (Å²) in [4.78, 5) is 26.1. The highest BCUT2D eigenvalue weighted by Gasteiger charge is 2.41. The maximum atomic E-state index is 13.1. The zero-order valence-electron chi connectivity index (χ0n) is 14.8. The highest BCUT2D eigenvalue weighted by Crippen LogP contribution is 2.40. The number of methoxy groups -OCH3 is 3. The van der Waals surface area contributed by atoms with Gasteiger partial charge in [0.2, 0.25) is 5.75 Å². The lowest BCUT2D eigenvalue weighted by Crippen LogP contribution is -2.45. The van der Waals surface area contributed by atoms with Crippen molar-refractivity contribution >= 4 is 23.6 Å². The lowest BCUT2D eigenvalue weighted by atomic mass is 10.1. The van der Waals surface area contributed by atoms with Crippen LogP contribution in [0.3, 0.4) is 0 Å². The number of hydrogen-bond acceptors (Lipinski definition) is 6. The predicted octanol–water partition coefficient (Wildman–Crippen LogP) is 2.48. The first-order valence-corrected chi connectivity index (χ1v) is 9.00. The summed E-state index contributed by atoms with van der Waals surface area (Å²) in [5, 5.41) is 9.32. The molecule has 8 heteroatoms. The standard InChI is InChI=1S/C17H23NO6S/c1-5-6-14-18(11(9-25-14)17(20)21)16(19)10-7-12(22-2)15(24-4)13(8-10)23-3/h7-8,11,14H,5-6,9H2,1-4H3,(H,20,21)/t11-,14+/m1/s1. The molecule has 0 radical (unpaired) electrons. The first-order valence-electron chi connectivity index (χ1n) is 7.95. The molecule has 0 bridgehead atoms. The molecule has 25 heavy (non-hydrogen) atoms. The third-order valence-corrected chi connectivity index (χ3v) is 5.42. The van der Waals surface area contributed by atoms with Gasteiger partial charge < -0.3 is 24.2 Å². The molecule has 1 saturated heterocycles. The van der Waals surface area contributed by atoms with E-state index in [0.717, 1.165) is 12.8 Å². The summed E-state index contributed by atoms with van der Waals surface area (Å²) in [7, 11) is 4.42. The van der Waals surface area contributed by atoms with Gasteiger partial charge in [-0.1, -0.05) is 13.3 Å². The van der Waals surface area contributed by atoms with Crippen LogP contribution in [0.2, 0.25) is 0 Å². The number of carbonyl (C=O) groups excluding carboxylic acids is 1. The van der Waals surface area contributed by atoms with Crippen molar-refractivity contribution in [2.45, 2.75) is 31.2 Å². The summed E-state index contributed by atoms with van der Waals surface area (Å²) in [5.41, 5.74) is 0.310. The van der Waals surface area contributed by atoms with Crippen LogP contribution < -0.4 is 14.2 Å². The quantitative estimate of drug-likeness (QED) is 0.790. The largest absolute Gasteiger partial charge is 0.493 e. The number of amides is 1. The Balaban J connectivity index is 2.44. The summed E-state index contributed by atoms with van der Waals surface area (Å²) in [6, 6.07) is 2.26. The Morgan fingerprint density at radius 1 is 1.20 bits per heavy atom. The van der Waals surface area contributed by atoms with Crippen molar-refractivity contribution in [1.82, 2.24) is 4.90 Å². The third-order valence-electron chi connectivity index (χ3n) is 4.06. The second kappa shape index (κ2) is 8.33. The van der Waals surface area contributed by atoms with Crippen LogP contribution >= 0.6 is 11.8 Å². The Hall–Kier alpha value is -2.09. The molecular weight excluding hydrogens is 346 g/mol. The predicted molar refractivity (Wildman–Crippen MR) is 94.8 cm³/mol. The Kier molecular flexibility index (Phi) is 6.41. The van der Waals surface area contributed by atoms with Crippen LogP contribution in [0.25, 0.3) is 0 Å². The summed E-state index contributed by atoms with van der Waals surface area (Å²) in [6.07, 6.45) is 1.60. The van der Waals surface area contributed by atoms with Crippen molar-refractivity contribution < 1.29 is 28.9 Å². The number of nitrogens with zero attached hydrogens (tertiary/aromatic N) is 1. The van der Waals surface area contributed by atoms with E-state index in [-0.39, 0.29) is 11.3 Å². The Morgan fingerprint density at radius 2 is 1.80 bits per heavy atom. The molecule has 1 N–H and O–H groups in total. The molecule has 0 aliphatic carbocycles. The normalized spacial score (nSPS) is 19.6. The van der Waals surface area contributed by atoms with E-state index in [2.05, 4.69) is 0 Å². The first-order chi connectivity index (χ1) is 12.0. The summed E-state index contributed by atoms with van der Waals surface area (Å²) >= 11 is 1.50. The number of thioether (sulfide) groups is 1. The Morgan fingerprint density at radius 3 is 2.24 bits per heavy atom. The number of benzene rings is 1. The van der Waals surface area contributed by atoms with Crippen LogP contribution in [0.5, 0.6) is 17.2 Å². The fourth-order valence-electron chi connectivity index (χ4n) is 2.85. The number of hydrogen-bond donors (Lipinski definition) is 1. The molecular formula is C17H23NO6S. The second-order valence-electron chi connectivity index (χ2n) is 5.56. The Bertz CT molecular complexity index is 625. The van der Waals surface area contributed by atoms with Crippen molar-refractivity contribution in [2.75, 3.05) is 27.1 Å². The van der Waals surface area contributed by atoms with E-state index in [9.17, 15) is 14.7 Å². The van der Waals surface area contributed by atoms with E-state index < -0.39 is 12.0 Å². The number of carboxylic acid groups (broad SMARTS) is 1. The topological polar surface area (TPSA) is 85.3 Å². The van der Waals surface area contributed by atoms with Gasteiger partial charge in [-0.2, -0.15) is 0 Å². The van der Waals surface area contributed by atoms with E-state index in [0.29, 0.717) is 28.6 Å². The molecule has 2 atom stereocenters. The molecule has 1 fully saturated rings. The van der Waals surface area contributed by atoms with Gasteiger partial charge in [0.15, 0.2) is 11.5 Å². The minimum absolute atomic E-state index is 0.155. The third kappa shape index (κ3) is 3.78. The fourth-order valence-corrected chi connectivity index (χ4v) is 4.36. The molecule has 1 heterocycles. The second-order valence-corrected chi connectivity index (χ2v) is 6.77. The first kappa shape index (κ1) is 19.2. The molecule has 1 aliphatic heterocycles. The minimum Gasteiger partial charge on any atom is -0.493 e. The molecule has 0 spiro atoms. The van der Waals surface area contributed by atoms with Gasteiger partial charge in [0.1, 0.15) is 6.04 Å². The van der Waals surface area contributed by atoms with Crippen LogP contribution in [0, 0.1) is 0 Å². The number of rotatable bonds is 7. The smallest absolute Gasteiger partial charge is 0.327 e. The summed E-state index contributed by atoms with van der Waals surface area (Å²) in [6.45, 7) is 2.01. The number of ether oxygens (including phenoxy) is 3. The minimum atomic E-state index is -0.994. The van der Waals surface area contributed by atoms with Gasteiger partial charge in [0, 0.05) is 11.3 Å². The highest BCUT2D eigenvalue weighted by molar-refractivity contribution is 8.00. The molecule has 1 aliphatic rings. The average molecular weight is 369 g/mol. The van der Waals surface area contributed by atoms with E-state index in [1.165, 1.54) is 38.0 Å². The monoisotopic (exact) mass is 369 g/mol. The number of carbonyl (C=O) groups is 2. The maximum absolute atomic E-state index is 13.1. The lowest BCUT2D eigenvalue weighted by molar-refractivity contribution is -0.141. The van der Waals surface area contributed by atoms with E-state index >= 15 is 0 Å². The van der Waals surface area contributed by atoms with Gasteiger partial charge in [0.05, 0.1) is 26.7 Å². The molecule has 1 aromatic carbocycles. The van der Waals surface area contributed by atoms with Crippen molar-refractivity contribution in [3.63, 3.8) is 0 Å². The molecule has 7 nitrogen and oxygen atoms in total. The van der Waals surface area contributed by atoms with Crippen molar-refractivity contribution in [2.24, 2.45) is 0 Å². The molecule has 138 valence electrons. The molecule has 2 rings (SSSR count). The van der Waals surface area contributed by atoms with Crippen molar-refractivity contribution in [1.29, 1.82) is 0 Å². The molecule has 1 aromatic rings. The van der Waals surface area contributed by atoms with Gasteiger partial charge in [-0.3, -0.25) is 4.79 Å². The van der Waals surface area contributed by atoms with Gasteiger partial charge in [-0.15, -0.1) is 11.8 Å². The molecule has 0 unspecified atom stereocenters. The molecule has 0 saturated carbocycles. The van der Waals surface area contributed by atoms with Crippen LogP contribution in [0.15, 0.2) is 12.1 Å². The highest BCUT2D eigenvalue weighted by atomic mass is 32.2. The van der Waals surface area contributed by atoms with Gasteiger partial charge in [0.25, 0.3) is 5.91 Å². The van der Waals surface area contributed by atoms with Crippen LogP contribution in [0.4, 0.5) is 0 Å². The van der Waals surface area contributed by atoms with E-state index in [1.54, 1.807) is 12.1 Å². The van der Waals surface area contributed by atoms with Crippen molar-refractivity contribution in [3.8, 4) is 17.2 Å². The number of carboxylic acids is 1. The zero-order valence-corrected chi connectivity index (χ0v) is 15.6. The van der Waals surface area contributed by atoms with E-state index in [1.807, 2.05) is 6.92 Å².